The van der Waals surface area contributed by atoms with Crippen LogP contribution in [0.4, 0.5) is 5.69 Å². The minimum absolute atomic E-state index is 0.00379. The van der Waals surface area contributed by atoms with Crippen LogP contribution in [0.15, 0.2) is 48.5 Å². The van der Waals surface area contributed by atoms with Crippen LogP contribution in [0.25, 0.3) is 0 Å². The van der Waals surface area contributed by atoms with Gasteiger partial charge in [-0.15, -0.1) is 0 Å². The third kappa shape index (κ3) is 2.70. The zero-order valence-corrected chi connectivity index (χ0v) is 12.7. The third-order valence-corrected chi connectivity index (χ3v) is 3.95. The molecule has 2 aromatic carbocycles. The molecule has 0 saturated heterocycles. The highest BCUT2D eigenvalue weighted by molar-refractivity contribution is 6.07. The summed E-state index contributed by atoms with van der Waals surface area (Å²) in [6.45, 7) is 3.09. The number of carbonyl (C=O) groups excluding carboxylic acids is 1. The first kappa shape index (κ1) is 14.6. The summed E-state index contributed by atoms with van der Waals surface area (Å²) in [5.41, 5.74) is 8.21. The summed E-state index contributed by atoms with van der Waals surface area (Å²) in [5.74, 6) is 0.745. The minimum Gasteiger partial charge on any atom is -0.486 e. The smallest absolute Gasteiger partial charge is 0.258 e. The summed E-state index contributed by atoms with van der Waals surface area (Å²) in [6.07, 6.45) is 0.860. The van der Waals surface area contributed by atoms with Crippen molar-refractivity contribution in [3.8, 4) is 5.75 Å². The number of carbonyl (C=O) groups is 1. The summed E-state index contributed by atoms with van der Waals surface area (Å²) in [6, 6.07) is 15.1. The number of hydrogen-bond acceptors (Lipinski definition) is 3. The van der Waals surface area contributed by atoms with Crippen molar-refractivity contribution in [2.24, 2.45) is 5.73 Å². The van der Waals surface area contributed by atoms with Crippen molar-refractivity contribution in [3.05, 3.63) is 59.7 Å². The zero-order valence-electron chi connectivity index (χ0n) is 12.7. The lowest BCUT2D eigenvalue weighted by Gasteiger charge is -2.35. The molecule has 1 atom stereocenters. The molecule has 3 rings (SSSR count). The Labute approximate surface area is 130 Å². The second-order valence-corrected chi connectivity index (χ2v) is 5.44. The SMILES string of the molecule is CCC1CN(C(=O)c2ccccc2)c2ccc(CN)cc2O1. The molecule has 4 nitrogen and oxygen atoms in total. The molecule has 0 radical (unpaired) electrons. The number of fused-ring (bicyclic) bond motifs is 1. The average Bonchev–Trinajstić information content (AvgIpc) is 2.60. The van der Waals surface area contributed by atoms with Gasteiger partial charge in [-0.3, -0.25) is 4.79 Å². The molecule has 1 amide bonds. The molecule has 1 unspecified atom stereocenters. The van der Waals surface area contributed by atoms with E-state index in [1.54, 1.807) is 0 Å². The summed E-state index contributed by atoms with van der Waals surface area (Å²) >= 11 is 0. The van der Waals surface area contributed by atoms with Gasteiger partial charge in [0.25, 0.3) is 5.91 Å². The molecule has 1 heterocycles. The van der Waals surface area contributed by atoms with Gasteiger partial charge in [0.2, 0.25) is 0 Å². The number of hydrogen-bond donors (Lipinski definition) is 1. The van der Waals surface area contributed by atoms with E-state index in [1.165, 1.54) is 0 Å². The second-order valence-electron chi connectivity index (χ2n) is 5.44. The van der Waals surface area contributed by atoms with Gasteiger partial charge < -0.3 is 15.4 Å². The molecule has 0 aliphatic carbocycles. The van der Waals surface area contributed by atoms with Crippen LogP contribution < -0.4 is 15.4 Å². The Morgan fingerprint density at radius 2 is 2.05 bits per heavy atom. The Balaban J connectivity index is 1.99. The molecule has 2 aromatic rings. The van der Waals surface area contributed by atoms with Gasteiger partial charge in [-0.1, -0.05) is 31.2 Å². The van der Waals surface area contributed by atoms with E-state index < -0.39 is 0 Å². The Kier molecular flexibility index (Phi) is 4.11. The van der Waals surface area contributed by atoms with Crippen molar-refractivity contribution in [3.63, 3.8) is 0 Å². The first-order valence-corrected chi connectivity index (χ1v) is 7.59. The molecule has 0 spiro atoms. The van der Waals surface area contributed by atoms with Crippen molar-refractivity contribution < 1.29 is 9.53 Å². The fraction of sp³-hybridized carbons (Fsp3) is 0.278. The van der Waals surface area contributed by atoms with Gasteiger partial charge in [-0.05, 0) is 36.2 Å². The first-order valence-electron chi connectivity index (χ1n) is 7.59. The van der Waals surface area contributed by atoms with E-state index in [2.05, 4.69) is 6.92 Å². The second kappa shape index (κ2) is 6.20. The Hall–Kier alpha value is -2.33. The fourth-order valence-corrected chi connectivity index (χ4v) is 2.66. The van der Waals surface area contributed by atoms with Crippen LogP contribution in [0.1, 0.15) is 29.3 Å². The van der Waals surface area contributed by atoms with Gasteiger partial charge >= 0.3 is 0 Å². The molecule has 114 valence electrons. The summed E-state index contributed by atoms with van der Waals surface area (Å²) < 4.78 is 5.99. The van der Waals surface area contributed by atoms with Gasteiger partial charge in [-0.25, -0.2) is 0 Å². The number of anilines is 1. The van der Waals surface area contributed by atoms with E-state index in [1.807, 2.05) is 53.4 Å². The van der Waals surface area contributed by atoms with Gasteiger partial charge in [0.05, 0.1) is 12.2 Å². The maximum Gasteiger partial charge on any atom is 0.258 e. The van der Waals surface area contributed by atoms with E-state index in [-0.39, 0.29) is 12.0 Å². The lowest BCUT2D eigenvalue weighted by molar-refractivity contribution is 0.0954. The number of nitrogens with zero attached hydrogens (tertiary/aromatic N) is 1. The van der Waals surface area contributed by atoms with E-state index >= 15 is 0 Å². The third-order valence-electron chi connectivity index (χ3n) is 3.95. The van der Waals surface area contributed by atoms with Crippen LogP contribution in [0.2, 0.25) is 0 Å². The van der Waals surface area contributed by atoms with Crippen molar-refractivity contribution in [2.75, 3.05) is 11.4 Å². The van der Waals surface area contributed by atoms with Crippen LogP contribution in [0.5, 0.6) is 5.75 Å². The number of rotatable bonds is 3. The number of ether oxygens (including phenoxy) is 1. The van der Waals surface area contributed by atoms with E-state index in [9.17, 15) is 4.79 Å². The quantitative estimate of drug-likeness (QED) is 0.947. The van der Waals surface area contributed by atoms with Gasteiger partial charge in [0.1, 0.15) is 11.9 Å². The molecule has 0 bridgehead atoms. The van der Waals surface area contributed by atoms with Crippen molar-refractivity contribution in [2.45, 2.75) is 26.0 Å². The molecular weight excluding hydrogens is 276 g/mol. The number of nitrogens with two attached hydrogens (primary N) is 1. The normalized spacial score (nSPS) is 16.8. The summed E-state index contributed by atoms with van der Waals surface area (Å²) in [4.78, 5) is 14.6. The fourth-order valence-electron chi connectivity index (χ4n) is 2.66. The van der Waals surface area contributed by atoms with Gasteiger partial charge in [0.15, 0.2) is 0 Å². The number of benzene rings is 2. The highest BCUT2D eigenvalue weighted by Crippen LogP contribution is 2.35. The van der Waals surface area contributed by atoms with Crippen LogP contribution >= 0.6 is 0 Å². The molecule has 0 fully saturated rings. The van der Waals surface area contributed by atoms with Crippen LogP contribution in [-0.2, 0) is 6.54 Å². The van der Waals surface area contributed by atoms with Gasteiger partial charge in [-0.2, -0.15) is 0 Å². The highest BCUT2D eigenvalue weighted by Gasteiger charge is 2.29. The molecule has 0 saturated carbocycles. The topological polar surface area (TPSA) is 55.6 Å². The molecule has 1 aliphatic rings. The maximum absolute atomic E-state index is 12.8. The zero-order chi connectivity index (χ0) is 15.5. The predicted molar refractivity (Wildman–Crippen MR) is 87.2 cm³/mol. The van der Waals surface area contributed by atoms with Crippen molar-refractivity contribution >= 4 is 11.6 Å². The predicted octanol–water partition coefficient (Wildman–Crippen LogP) is 2.96. The Morgan fingerprint density at radius 3 is 2.73 bits per heavy atom. The Bertz CT molecular complexity index is 670. The Morgan fingerprint density at radius 1 is 1.27 bits per heavy atom. The lowest BCUT2D eigenvalue weighted by Crippen LogP contribution is -2.43. The number of amides is 1. The summed E-state index contributed by atoms with van der Waals surface area (Å²) in [7, 11) is 0. The molecular formula is C18H20N2O2. The standard InChI is InChI=1S/C18H20N2O2/c1-2-15-12-20(18(21)14-6-4-3-5-7-14)16-9-8-13(11-19)10-17(16)22-15/h3-10,15H,2,11-12,19H2,1H3. The minimum atomic E-state index is 0.00379. The van der Waals surface area contributed by atoms with Crippen LogP contribution in [0.3, 0.4) is 0 Å². The van der Waals surface area contributed by atoms with Crippen LogP contribution in [-0.4, -0.2) is 18.6 Å². The lowest BCUT2D eigenvalue weighted by atomic mass is 10.1. The molecule has 1 aliphatic heterocycles. The molecule has 2 N–H and O–H groups in total. The van der Waals surface area contributed by atoms with Crippen molar-refractivity contribution in [1.82, 2.24) is 0 Å². The molecule has 4 heteroatoms. The first-order chi connectivity index (χ1) is 10.7. The highest BCUT2D eigenvalue weighted by atomic mass is 16.5. The molecule has 22 heavy (non-hydrogen) atoms. The van der Waals surface area contributed by atoms with Crippen molar-refractivity contribution in [1.29, 1.82) is 0 Å². The average molecular weight is 296 g/mol. The summed E-state index contributed by atoms with van der Waals surface area (Å²) in [5, 5.41) is 0. The largest absolute Gasteiger partial charge is 0.486 e. The maximum atomic E-state index is 12.8. The van der Waals surface area contributed by atoms with Crippen LogP contribution in [0, 0.1) is 0 Å². The molecule has 0 aromatic heterocycles. The van der Waals surface area contributed by atoms with E-state index in [4.69, 9.17) is 10.5 Å². The monoisotopic (exact) mass is 296 g/mol. The van der Waals surface area contributed by atoms with Gasteiger partial charge in [0, 0.05) is 12.1 Å². The van der Waals surface area contributed by atoms with E-state index in [0.717, 1.165) is 23.4 Å². The van der Waals surface area contributed by atoms with E-state index in [0.29, 0.717) is 18.7 Å².